The molecule has 0 saturated carbocycles. The number of carboxylic acid groups (broad SMARTS) is 1. The Labute approximate surface area is 182 Å². The first-order chi connectivity index (χ1) is 15.0. The Kier molecular flexibility index (Phi) is 6.84. The smallest absolute Gasteiger partial charge is 0.326 e. The number of amides is 1. The van der Waals surface area contributed by atoms with Gasteiger partial charge in [0.15, 0.2) is 0 Å². The molecule has 0 unspecified atom stereocenters. The average Bonchev–Trinajstić information content (AvgIpc) is 2.81. The van der Waals surface area contributed by atoms with E-state index in [-0.39, 0.29) is 6.42 Å². The number of carbonyl (C=O) groups is 2. The summed E-state index contributed by atoms with van der Waals surface area (Å²) < 4.78 is 0. The zero-order chi connectivity index (χ0) is 22.3. The largest absolute Gasteiger partial charge is 0.480 e. The number of benzene rings is 3. The number of nitriles is 1. The summed E-state index contributed by atoms with van der Waals surface area (Å²) >= 11 is 0. The Morgan fingerprint density at radius 2 is 1.26 bits per heavy atom. The molecule has 0 heterocycles. The van der Waals surface area contributed by atoms with Crippen LogP contribution in [0, 0.1) is 17.2 Å². The van der Waals surface area contributed by atoms with Gasteiger partial charge in [-0.2, -0.15) is 5.26 Å². The summed E-state index contributed by atoms with van der Waals surface area (Å²) in [6.07, 6.45) is 0.0199. The van der Waals surface area contributed by atoms with E-state index in [4.69, 9.17) is 5.26 Å². The van der Waals surface area contributed by atoms with Crippen molar-refractivity contribution < 1.29 is 14.7 Å². The molecule has 0 fully saturated rings. The van der Waals surface area contributed by atoms with E-state index >= 15 is 0 Å². The monoisotopic (exact) mass is 412 g/mol. The van der Waals surface area contributed by atoms with E-state index in [9.17, 15) is 14.7 Å². The molecule has 3 aromatic rings. The van der Waals surface area contributed by atoms with Gasteiger partial charge in [0, 0.05) is 5.92 Å². The van der Waals surface area contributed by atoms with Gasteiger partial charge in [0.25, 0.3) is 0 Å². The van der Waals surface area contributed by atoms with E-state index in [1.807, 2.05) is 97.1 Å². The first-order valence-corrected chi connectivity index (χ1v) is 10.1. The maximum absolute atomic E-state index is 14.0. The van der Waals surface area contributed by atoms with Crippen LogP contribution in [0.3, 0.4) is 0 Å². The number of aliphatic carboxylic acids is 1. The summed E-state index contributed by atoms with van der Waals surface area (Å²) in [7, 11) is 0. The second-order valence-electron chi connectivity index (χ2n) is 7.48. The molecule has 3 rings (SSSR count). The number of carbonyl (C=O) groups excluding carboxylic acids is 1. The molecule has 1 amide bonds. The molecule has 0 saturated heterocycles. The molecule has 0 bridgehead atoms. The molecule has 0 aromatic heterocycles. The van der Waals surface area contributed by atoms with E-state index < -0.39 is 29.3 Å². The second kappa shape index (κ2) is 9.73. The number of hydrogen-bond donors (Lipinski definition) is 2. The van der Waals surface area contributed by atoms with Crippen molar-refractivity contribution in [3.8, 4) is 6.07 Å². The maximum atomic E-state index is 14.0. The van der Waals surface area contributed by atoms with Crippen LogP contribution in [0.15, 0.2) is 91.0 Å². The van der Waals surface area contributed by atoms with Gasteiger partial charge in [-0.15, -0.1) is 0 Å². The highest BCUT2D eigenvalue weighted by atomic mass is 16.4. The summed E-state index contributed by atoms with van der Waals surface area (Å²) in [5, 5.41) is 21.6. The number of nitrogens with zero attached hydrogens (tertiary/aromatic N) is 1. The summed E-state index contributed by atoms with van der Waals surface area (Å²) in [6.45, 7) is 1.64. The van der Waals surface area contributed by atoms with Crippen LogP contribution in [0.4, 0.5) is 0 Å². The van der Waals surface area contributed by atoms with Crippen molar-refractivity contribution in [2.24, 2.45) is 5.92 Å². The molecular weight excluding hydrogens is 388 g/mol. The van der Waals surface area contributed by atoms with Crippen LogP contribution in [0.2, 0.25) is 0 Å². The van der Waals surface area contributed by atoms with Crippen LogP contribution in [-0.2, 0) is 15.0 Å². The quantitative estimate of drug-likeness (QED) is 0.544. The summed E-state index contributed by atoms with van der Waals surface area (Å²) in [6, 6.07) is 28.8. The molecule has 156 valence electrons. The third kappa shape index (κ3) is 4.49. The van der Waals surface area contributed by atoms with E-state index in [1.54, 1.807) is 6.92 Å². The zero-order valence-corrected chi connectivity index (χ0v) is 17.2. The highest BCUT2D eigenvalue weighted by Gasteiger charge is 2.45. The molecule has 0 aliphatic rings. The molecule has 0 aliphatic carbocycles. The third-order valence-electron chi connectivity index (χ3n) is 5.37. The van der Waals surface area contributed by atoms with E-state index in [2.05, 4.69) is 5.32 Å². The fourth-order valence-electron chi connectivity index (χ4n) is 3.85. The van der Waals surface area contributed by atoms with E-state index in [0.29, 0.717) is 0 Å². The minimum Gasteiger partial charge on any atom is -0.480 e. The lowest BCUT2D eigenvalue weighted by molar-refractivity contribution is -0.142. The van der Waals surface area contributed by atoms with Crippen molar-refractivity contribution in [3.63, 3.8) is 0 Å². The third-order valence-corrected chi connectivity index (χ3v) is 5.37. The Bertz CT molecular complexity index is 963. The van der Waals surface area contributed by atoms with Crippen LogP contribution in [0.5, 0.6) is 0 Å². The standard InChI is InChI=1S/C26H24N2O3/c1-19(18-27)17-23(24(29)30)28-25(31)26(20-11-5-2-6-12-20,21-13-7-3-8-14-21)22-15-9-4-10-16-22/h2-16,19,23H,17H2,1H3,(H,28,31)(H,29,30)/t19-,23+/m1/s1. The first kappa shape index (κ1) is 21.8. The van der Waals surface area contributed by atoms with Gasteiger partial charge < -0.3 is 10.4 Å². The normalized spacial score (nSPS) is 12.9. The molecule has 0 aliphatic heterocycles. The minimum absolute atomic E-state index is 0.0199. The van der Waals surface area contributed by atoms with Crippen LogP contribution in [0.25, 0.3) is 0 Å². The lowest BCUT2D eigenvalue weighted by Crippen LogP contribution is -2.52. The summed E-state index contributed by atoms with van der Waals surface area (Å²) in [4.78, 5) is 25.9. The van der Waals surface area contributed by atoms with Gasteiger partial charge in [-0.05, 0) is 30.0 Å². The molecule has 5 heteroatoms. The maximum Gasteiger partial charge on any atom is 0.326 e. The molecule has 3 aromatic carbocycles. The van der Waals surface area contributed by atoms with E-state index in [1.165, 1.54) is 0 Å². The van der Waals surface area contributed by atoms with Gasteiger partial charge in [0.1, 0.15) is 11.5 Å². The molecule has 2 N–H and O–H groups in total. The zero-order valence-electron chi connectivity index (χ0n) is 17.2. The number of hydrogen-bond acceptors (Lipinski definition) is 3. The van der Waals surface area contributed by atoms with Gasteiger partial charge in [0.05, 0.1) is 6.07 Å². The SMILES string of the molecule is C[C@@H](C#N)C[C@H](NC(=O)C(c1ccccc1)(c1ccccc1)c1ccccc1)C(=O)O. The Morgan fingerprint density at radius 3 is 1.58 bits per heavy atom. The van der Waals surface area contributed by atoms with Crippen molar-refractivity contribution in [2.45, 2.75) is 24.8 Å². The van der Waals surface area contributed by atoms with Crippen LogP contribution >= 0.6 is 0 Å². The van der Waals surface area contributed by atoms with Crippen molar-refractivity contribution in [2.75, 3.05) is 0 Å². The van der Waals surface area contributed by atoms with Crippen molar-refractivity contribution in [1.29, 1.82) is 5.26 Å². The van der Waals surface area contributed by atoms with Crippen molar-refractivity contribution in [1.82, 2.24) is 5.32 Å². The Hall–Kier alpha value is -3.91. The van der Waals surface area contributed by atoms with Crippen molar-refractivity contribution >= 4 is 11.9 Å². The minimum atomic E-state index is -1.26. The van der Waals surface area contributed by atoms with Gasteiger partial charge in [-0.1, -0.05) is 91.0 Å². The molecule has 2 atom stereocenters. The van der Waals surface area contributed by atoms with Crippen LogP contribution in [0.1, 0.15) is 30.0 Å². The topological polar surface area (TPSA) is 90.2 Å². The number of carboxylic acids is 1. The molecule has 0 radical (unpaired) electrons. The van der Waals surface area contributed by atoms with Gasteiger partial charge in [0.2, 0.25) is 5.91 Å². The van der Waals surface area contributed by atoms with E-state index in [0.717, 1.165) is 16.7 Å². The van der Waals surface area contributed by atoms with Crippen LogP contribution in [-0.4, -0.2) is 23.0 Å². The lowest BCUT2D eigenvalue weighted by atomic mass is 9.68. The van der Waals surface area contributed by atoms with Gasteiger partial charge in [-0.25, -0.2) is 4.79 Å². The Balaban J connectivity index is 2.21. The molecule has 5 nitrogen and oxygen atoms in total. The average molecular weight is 412 g/mol. The fourth-order valence-corrected chi connectivity index (χ4v) is 3.85. The summed E-state index contributed by atoms with van der Waals surface area (Å²) in [5.74, 6) is -2.13. The van der Waals surface area contributed by atoms with Crippen molar-refractivity contribution in [3.05, 3.63) is 108 Å². The fraction of sp³-hybridized carbons (Fsp3) is 0.192. The first-order valence-electron chi connectivity index (χ1n) is 10.1. The summed E-state index contributed by atoms with van der Waals surface area (Å²) in [5.41, 5.74) is 0.917. The molecular formula is C26H24N2O3. The lowest BCUT2D eigenvalue weighted by Gasteiger charge is -2.35. The highest BCUT2D eigenvalue weighted by molar-refractivity contribution is 5.98. The predicted octanol–water partition coefficient (Wildman–Crippen LogP) is 4.14. The number of rotatable bonds is 8. The van der Waals surface area contributed by atoms with Crippen LogP contribution < -0.4 is 5.32 Å². The highest BCUT2D eigenvalue weighted by Crippen LogP contribution is 2.39. The van der Waals surface area contributed by atoms with Gasteiger partial charge >= 0.3 is 5.97 Å². The Morgan fingerprint density at radius 1 is 0.871 bits per heavy atom. The number of nitrogens with one attached hydrogen (secondary N) is 1. The second-order valence-corrected chi connectivity index (χ2v) is 7.48. The predicted molar refractivity (Wildman–Crippen MR) is 118 cm³/mol. The van der Waals surface area contributed by atoms with Gasteiger partial charge in [-0.3, -0.25) is 4.79 Å². The molecule has 31 heavy (non-hydrogen) atoms. The molecule has 0 spiro atoms.